The first-order valence-corrected chi connectivity index (χ1v) is 12.8. The van der Waals surface area contributed by atoms with E-state index in [4.69, 9.17) is 9.47 Å². The van der Waals surface area contributed by atoms with Crippen molar-refractivity contribution < 1.29 is 14.3 Å². The highest BCUT2D eigenvalue weighted by Gasteiger charge is 2.20. The molecule has 0 aliphatic carbocycles. The van der Waals surface area contributed by atoms with Gasteiger partial charge in [0.2, 0.25) is 0 Å². The lowest BCUT2D eigenvalue weighted by Gasteiger charge is -2.26. The lowest BCUT2D eigenvalue weighted by Crippen LogP contribution is -2.38. The summed E-state index contributed by atoms with van der Waals surface area (Å²) in [7, 11) is 0. The van der Waals surface area contributed by atoms with E-state index in [1.54, 1.807) is 6.07 Å². The van der Waals surface area contributed by atoms with E-state index >= 15 is 0 Å². The van der Waals surface area contributed by atoms with Gasteiger partial charge in [0.15, 0.2) is 0 Å². The maximum Gasteiger partial charge on any atom is 0.319 e. The Kier molecular flexibility index (Phi) is 6.89. The molecule has 180 valence electrons. The predicted octanol–water partition coefficient (Wildman–Crippen LogP) is 3.05. The number of aryl methyl sites for hydroxylation is 2. The molecule has 2 aliphatic rings. The average Bonchev–Trinajstić information content (AvgIpc) is 3.49. The number of aromatic nitrogens is 3. The highest BCUT2D eigenvalue weighted by atomic mass is 32.2. The standard InChI is InChI=1S/C24H30N6O3S/c1-16-17(2)25-20-4-3-18(13-19(16)20)26-23(31)21-14-22(30-8-12-34-15-30)28-24(27-21)33-11-7-29-5-9-32-10-6-29/h3-4,13-14,25H,5-12,15H2,1-2H3,(H,26,31). The fourth-order valence-corrected chi connectivity index (χ4v) is 5.14. The molecule has 9 nitrogen and oxygen atoms in total. The van der Waals surface area contributed by atoms with Crippen molar-refractivity contribution >= 4 is 40.1 Å². The van der Waals surface area contributed by atoms with E-state index in [2.05, 4.69) is 37.0 Å². The lowest BCUT2D eigenvalue weighted by atomic mass is 10.1. The smallest absolute Gasteiger partial charge is 0.319 e. The van der Waals surface area contributed by atoms with Gasteiger partial charge >= 0.3 is 6.01 Å². The van der Waals surface area contributed by atoms with Crippen LogP contribution in [0.1, 0.15) is 21.7 Å². The Morgan fingerprint density at radius 2 is 2.06 bits per heavy atom. The van der Waals surface area contributed by atoms with Crippen LogP contribution in [0.4, 0.5) is 11.5 Å². The van der Waals surface area contributed by atoms with Crippen LogP contribution in [0.2, 0.25) is 0 Å². The number of hydrogen-bond acceptors (Lipinski definition) is 8. The van der Waals surface area contributed by atoms with Crippen LogP contribution < -0.4 is 15.0 Å². The summed E-state index contributed by atoms with van der Waals surface area (Å²) in [6, 6.07) is 7.86. The Morgan fingerprint density at radius 1 is 1.21 bits per heavy atom. The third-order valence-corrected chi connectivity index (χ3v) is 7.28. The zero-order valence-corrected chi connectivity index (χ0v) is 20.4. The number of rotatable bonds is 7. The van der Waals surface area contributed by atoms with Crippen molar-refractivity contribution in [3.8, 4) is 6.01 Å². The van der Waals surface area contributed by atoms with Crippen molar-refractivity contribution in [3.63, 3.8) is 0 Å². The quantitative estimate of drug-likeness (QED) is 0.531. The molecule has 1 amide bonds. The molecule has 0 radical (unpaired) electrons. The van der Waals surface area contributed by atoms with Crippen LogP contribution in [0.5, 0.6) is 6.01 Å². The number of thioether (sulfide) groups is 1. The summed E-state index contributed by atoms with van der Waals surface area (Å²) >= 11 is 1.84. The molecule has 0 atom stereocenters. The Labute approximate surface area is 203 Å². The van der Waals surface area contributed by atoms with E-state index in [0.29, 0.717) is 12.3 Å². The van der Waals surface area contributed by atoms with E-state index in [1.807, 2.05) is 36.9 Å². The number of ether oxygens (including phenoxy) is 2. The minimum absolute atomic E-state index is 0.236. The summed E-state index contributed by atoms with van der Waals surface area (Å²) in [6.45, 7) is 9.53. The number of aromatic amines is 1. The van der Waals surface area contributed by atoms with Crippen molar-refractivity contribution in [2.75, 3.05) is 67.8 Å². The molecule has 0 unspecified atom stereocenters. The molecule has 4 heterocycles. The number of nitrogens with zero attached hydrogens (tertiary/aromatic N) is 4. The summed E-state index contributed by atoms with van der Waals surface area (Å²) in [5.41, 5.74) is 4.38. The number of carbonyl (C=O) groups excluding carboxylic acids is 1. The van der Waals surface area contributed by atoms with Gasteiger partial charge in [0, 0.05) is 60.3 Å². The second-order valence-corrected chi connectivity index (χ2v) is 9.66. The number of carbonyl (C=O) groups is 1. The number of nitrogens with one attached hydrogen (secondary N) is 2. The van der Waals surface area contributed by atoms with Crippen molar-refractivity contribution in [2.24, 2.45) is 0 Å². The van der Waals surface area contributed by atoms with Crippen molar-refractivity contribution in [2.45, 2.75) is 13.8 Å². The first-order chi connectivity index (χ1) is 16.6. The number of anilines is 2. The molecule has 0 spiro atoms. The van der Waals surface area contributed by atoms with Crippen LogP contribution in [-0.4, -0.2) is 83.4 Å². The van der Waals surface area contributed by atoms with Crippen molar-refractivity contribution in [1.82, 2.24) is 19.9 Å². The Hall–Kier alpha value is -2.82. The minimum Gasteiger partial charge on any atom is -0.462 e. The largest absolute Gasteiger partial charge is 0.462 e. The number of fused-ring (bicyclic) bond motifs is 1. The van der Waals surface area contributed by atoms with Crippen LogP contribution in [0, 0.1) is 13.8 Å². The number of morpholine rings is 1. The van der Waals surface area contributed by atoms with Gasteiger partial charge in [-0.05, 0) is 37.6 Å². The molecule has 1 aromatic carbocycles. The van der Waals surface area contributed by atoms with Crippen LogP contribution >= 0.6 is 11.8 Å². The Bertz CT molecular complexity index is 1170. The molecule has 2 fully saturated rings. The predicted molar refractivity (Wildman–Crippen MR) is 135 cm³/mol. The fraction of sp³-hybridized carbons (Fsp3) is 0.458. The lowest BCUT2D eigenvalue weighted by molar-refractivity contribution is 0.0317. The van der Waals surface area contributed by atoms with E-state index in [1.165, 1.54) is 5.56 Å². The molecule has 10 heteroatoms. The van der Waals surface area contributed by atoms with Crippen molar-refractivity contribution in [3.05, 3.63) is 41.2 Å². The molecule has 2 aromatic heterocycles. The molecule has 5 rings (SSSR count). The SMILES string of the molecule is Cc1[nH]c2ccc(NC(=O)c3cc(N4CCSC4)nc(OCCN4CCOCC4)n3)cc2c1C. The van der Waals surface area contributed by atoms with E-state index < -0.39 is 0 Å². The topological polar surface area (TPSA) is 95.6 Å². The van der Waals surface area contributed by atoms with E-state index in [0.717, 1.165) is 79.1 Å². The summed E-state index contributed by atoms with van der Waals surface area (Å²) in [5, 5.41) is 4.09. The monoisotopic (exact) mass is 482 g/mol. The summed E-state index contributed by atoms with van der Waals surface area (Å²) in [4.78, 5) is 30.0. The molecule has 34 heavy (non-hydrogen) atoms. The maximum atomic E-state index is 13.2. The normalized spacial score (nSPS) is 16.8. The van der Waals surface area contributed by atoms with Gasteiger partial charge in [0.05, 0.1) is 19.1 Å². The molecule has 3 aromatic rings. The zero-order chi connectivity index (χ0) is 23.5. The Balaban J connectivity index is 1.33. The first kappa shape index (κ1) is 22.9. The van der Waals surface area contributed by atoms with Crippen LogP contribution in [0.3, 0.4) is 0 Å². The van der Waals surface area contributed by atoms with Crippen LogP contribution in [0.25, 0.3) is 10.9 Å². The highest BCUT2D eigenvalue weighted by molar-refractivity contribution is 7.99. The molecular weight excluding hydrogens is 452 g/mol. The van der Waals surface area contributed by atoms with Gasteiger partial charge in [0.25, 0.3) is 5.91 Å². The molecule has 2 aliphatic heterocycles. The zero-order valence-electron chi connectivity index (χ0n) is 19.6. The number of benzene rings is 1. The highest BCUT2D eigenvalue weighted by Crippen LogP contribution is 2.26. The molecular formula is C24H30N6O3S. The average molecular weight is 483 g/mol. The molecule has 0 bridgehead atoms. The number of amides is 1. The van der Waals surface area contributed by atoms with E-state index in [-0.39, 0.29) is 11.9 Å². The van der Waals surface area contributed by atoms with Gasteiger partial charge in [-0.2, -0.15) is 9.97 Å². The third-order valence-electron chi connectivity index (χ3n) is 6.31. The van der Waals surface area contributed by atoms with Gasteiger partial charge in [-0.15, -0.1) is 11.8 Å². The molecule has 2 N–H and O–H groups in total. The number of H-pyrrole nitrogens is 1. The minimum atomic E-state index is -0.280. The van der Waals surface area contributed by atoms with Gasteiger partial charge < -0.3 is 24.7 Å². The number of hydrogen-bond donors (Lipinski definition) is 2. The van der Waals surface area contributed by atoms with Gasteiger partial charge in [-0.3, -0.25) is 9.69 Å². The first-order valence-electron chi connectivity index (χ1n) is 11.6. The summed E-state index contributed by atoms with van der Waals surface area (Å²) in [5.74, 6) is 2.32. The van der Waals surface area contributed by atoms with Gasteiger partial charge in [0.1, 0.15) is 18.1 Å². The van der Waals surface area contributed by atoms with Gasteiger partial charge in [-0.25, -0.2) is 0 Å². The van der Waals surface area contributed by atoms with Crippen LogP contribution in [0.15, 0.2) is 24.3 Å². The maximum absolute atomic E-state index is 13.2. The summed E-state index contributed by atoms with van der Waals surface area (Å²) in [6.07, 6.45) is 0. The second kappa shape index (κ2) is 10.2. The second-order valence-electron chi connectivity index (χ2n) is 8.59. The summed E-state index contributed by atoms with van der Waals surface area (Å²) < 4.78 is 11.3. The Morgan fingerprint density at radius 3 is 2.85 bits per heavy atom. The molecule has 2 saturated heterocycles. The molecule has 0 saturated carbocycles. The fourth-order valence-electron chi connectivity index (χ4n) is 4.18. The van der Waals surface area contributed by atoms with Gasteiger partial charge in [-0.1, -0.05) is 0 Å². The van der Waals surface area contributed by atoms with E-state index in [9.17, 15) is 4.79 Å². The van der Waals surface area contributed by atoms with Crippen LogP contribution in [-0.2, 0) is 4.74 Å². The third kappa shape index (κ3) is 5.13. The van der Waals surface area contributed by atoms with Crippen molar-refractivity contribution in [1.29, 1.82) is 0 Å².